The zero-order valence-corrected chi connectivity index (χ0v) is 22.0. The molecule has 1 N–H and O–H groups in total. The second-order valence-corrected chi connectivity index (χ2v) is 9.77. The number of aromatic nitrogens is 2. The van der Waals surface area contributed by atoms with Crippen LogP contribution in [-0.2, 0) is 6.42 Å². The number of aromatic amines is 1. The van der Waals surface area contributed by atoms with Crippen molar-refractivity contribution in [2.75, 3.05) is 11.7 Å². The number of unbranched alkanes of at least 4 members (excludes halogenated alkanes) is 1. The maximum Gasteiger partial charge on any atom is 0.439 e. The molecule has 1 aromatic heterocycles. The average molecular weight is 523 g/mol. The lowest BCUT2D eigenvalue weighted by Gasteiger charge is -2.32. The van der Waals surface area contributed by atoms with Gasteiger partial charge in [0.2, 0.25) is 6.79 Å². The number of rotatable bonds is 8. The Kier molecular flexibility index (Phi) is 6.75. The van der Waals surface area contributed by atoms with E-state index in [1.54, 1.807) is 0 Å². The monoisotopic (exact) mass is 522 g/mol. The predicted octanol–water partition coefficient (Wildman–Crippen LogP) is 6.35. The van der Waals surface area contributed by atoms with Gasteiger partial charge in [-0.1, -0.05) is 67.0 Å². The van der Waals surface area contributed by atoms with Gasteiger partial charge in [0.15, 0.2) is 17.3 Å². The first-order valence-electron chi connectivity index (χ1n) is 13.3. The Bertz CT molecular complexity index is 1600. The van der Waals surface area contributed by atoms with E-state index in [4.69, 9.17) is 19.0 Å². The maximum atomic E-state index is 11.5. The summed E-state index contributed by atoms with van der Waals surface area (Å²) < 4.78 is 15.8. The molecule has 0 spiro atoms. The topological polar surface area (TPSA) is 92.9 Å². The van der Waals surface area contributed by atoms with Gasteiger partial charge in [-0.2, -0.15) is 0 Å². The van der Waals surface area contributed by atoms with Crippen molar-refractivity contribution >= 4 is 11.4 Å². The Morgan fingerprint density at radius 3 is 2.56 bits per heavy atom. The fourth-order valence-corrected chi connectivity index (χ4v) is 5.08. The van der Waals surface area contributed by atoms with Gasteiger partial charge in [0.1, 0.15) is 6.17 Å². The van der Waals surface area contributed by atoms with Crippen molar-refractivity contribution < 1.29 is 14.0 Å². The van der Waals surface area contributed by atoms with Crippen LogP contribution in [0.5, 0.6) is 11.5 Å². The highest BCUT2D eigenvalue weighted by Gasteiger charge is 2.24. The minimum atomic E-state index is -0.569. The summed E-state index contributed by atoms with van der Waals surface area (Å²) in [4.78, 5) is 21.5. The summed E-state index contributed by atoms with van der Waals surface area (Å²) in [7, 11) is 0. The number of anilines is 1. The molecule has 6 rings (SSSR count). The smallest absolute Gasteiger partial charge is 0.439 e. The molecule has 0 radical (unpaired) electrons. The SMILES string of the molecule is CCCCC1=NC(C)N(c2ccc3c(c2)OCO3)C=C1Cc1ccc(-c2ccccc2-c2noc(=O)[nH]2)cc1. The Morgan fingerprint density at radius 1 is 1.00 bits per heavy atom. The average Bonchev–Trinajstić information content (AvgIpc) is 3.62. The highest BCUT2D eigenvalue weighted by Crippen LogP contribution is 2.37. The van der Waals surface area contributed by atoms with E-state index in [9.17, 15) is 4.79 Å². The number of aliphatic imine (C=N–C) groups is 1. The Balaban J connectivity index is 1.28. The number of fused-ring (bicyclic) bond motifs is 1. The van der Waals surface area contributed by atoms with Gasteiger partial charge in [-0.25, -0.2) is 4.79 Å². The largest absolute Gasteiger partial charge is 0.454 e. The third-order valence-corrected chi connectivity index (χ3v) is 7.11. The van der Waals surface area contributed by atoms with Crippen molar-refractivity contribution in [3.63, 3.8) is 0 Å². The lowest BCUT2D eigenvalue weighted by molar-refractivity contribution is 0.174. The van der Waals surface area contributed by atoms with Gasteiger partial charge in [-0.05, 0) is 54.2 Å². The molecule has 4 aromatic rings. The molecule has 0 saturated carbocycles. The van der Waals surface area contributed by atoms with E-state index < -0.39 is 5.76 Å². The highest BCUT2D eigenvalue weighted by atomic mass is 16.7. The number of H-pyrrole nitrogens is 1. The van der Waals surface area contributed by atoms with E-state index in [0.29, 0.717) is 5.82 Å². The molecular formula is C31H30N4O4. The molecule has 3 aromatic carbocycles. The van der Waals surface area contributed by atoms with Gasteiger partial charge in [0.25, 0.3) is 0 Å². The van der Waals surface area contributed by atoms with Crippen molar-refractivity contribution in [2.24, 2.45) is 4.99 Å². The summed E-state index contributed by atoms with van der Waals surface area (Å²) >= 11 is 0. The predicted molar refractivity (Wildman–Crippen MR) is 151 cm³/mol. The van der Waals surface area contributed by atoms with Crippen LogP contribution in [0.25, 0.3) is 22.5 Å². The first-order chi connectivity index (χ1) is 19.1. The number of nitrogens with one attached hydrogen (secondary N) is 1. The molecule has 198 valence electrons. The van der Waals surface area contributed by atoms with E-state index in [0.717, 1.165) is 59.6 Å². The quantitative estimate of drug-likeness (QED) is 0.290. The Labute approximate surface area is 226 Å². The molecule has 0 fully saturated rings. The molecule has 0 amide bonds. The molecule has 8 heteroatoms. The lowest BCUT2D eigenvalue weighted by atomic mass is 9.94. The van der Waals surface area contributed by atoms with Gasteiger partial charge in [-0.3, -0.25) is 14.5 Å². The number of benzene rings is 3. The zero-order chi connectivity index (χ0) is 26.8. The van der Waals surface area contributed by atoms with Crippen molar-refractivity contribution in [1.82, 2.24) is 10.1 Å². The first kappa shape index (κ1) is 24.7. The third-order valence-electron chi connectivity index (χ3n) is 7.11. The first-order valence-corrected chi connectivity index (χ1v) is 13.3. The third kappa shape index (κ3) is 5.10. The highest BCUT2D eigenvalue weighted by molar-refractivity contribution is 6.02. The normalized spacial score (nSPS) is 16.3. The number of hydrogen-bond acceptors (Lipinski definition) is 7. The fourth-order valence-electron chi connectivity index (χ4n) is 5.08. The standard InChI is InChI=1S/C31H30N4O4/c1-3-4-9-27-23(18-35(20(2)32-27)24-14-15-28-29(17-24)38-19-37-28)16-21-10-12-22(13-11-21)25-7-5-6-8-26(25)30-33-31(36)39-34-30/h5-8,10-15,17-18,20H,3-4,9,16,19H2,1-2H3,(H,33,34,36). The van der Waals surface area contributed by atoms with Crippen LogP contribution in [0.15, 0.2) is 92.8 Å². The second-order valence-electron chi connectivity index (χ2n) is 9.77. The minimum absolute atomic E-state index is 0.0113. The summed E-state index contributed by atoms with van der Waals surface area (Å²) in [5, 5.41) is 3.87. The van der Waals surface area contributed by atoms with E-state index in [1.165, 1.54) is 16.8 Å². The van der Waals surface area contributed by atoms with Crippen LogP contribution in [0.1, 0.15) is 38.7 Å². The van der Waals surface area contributed by atoms with Crippen LogP contribution >= 0.6 is 0 Å². The molecule has 1 atom stereocenters. The number of allylic oxidation sites excluding steroid dienone is 1. The number of hydrogen-bond donors (Lipinski definition) is 1. The van der Waals surface area contributed by atoms with E-state index in [-0.39, 0.29) is 13.0 Å². The second kappa shape index (κ2) is 10.6. The molecule has 2 aliphatic rings. The van der Waals surface area contributed by atoms with Gasteiger partial charge >= 0.3 is 5.76 Å². The molecule has 0 saturated heterocycles. The molecule has 1 unspecified atom stereocenters. The van der Waals surface area contributed by atoms with Crippen molar-refractivity contribution in [3.8, 4) is 34.0 Å². The van der Waals surface area contributed by atoms with Crippen molar-refractivity contribution in [1.29, 1.82) is 0 Å². The molecule has 3 heterocycles. The van der Waals surface area contributed by atoms with Crippen LogP contribution in [0, 0.1) is 0 Å². The maximum absolute atomic E-state index is 11.5. The van der Waals surface area contributed by atoms with E-state index in [1.807, 2.05) is 36.4 Å². The van der Waals surface area contributed by atoms with E-state index in [2.05, 4.69) is 65.4 Å². The van der Waals surface area contributed by atoms with Crippen LogP contribution in [0.2, 0.25) is 0 Å². The van der Waals surface area contributed by atoms with E-state index >= 15 is 0 Å². The summed E-state index contributed by atoms with van der Waals surface area (Å²) in [6, 6.07) is 22.4. The minimum Gasteiger partial charge on any atom is -0.454 e. The summed E-state index contributed by atoms with van der Waals surface area (Å²) in [5.41, 5.74) is 7.43. The number of ether oxygens (including phenoxy) is 2. The van der Waals surface area contributed by atoms with Crippen molar-refractivity contribution in [2.45, 2.75) is 45.7 Å². The molecule has 2 aliphatic heterocycles. The molecule has 39 heavy (non-hydrogen) atoms. The van der Waals surface area contributed by atoms with Crippen LogP contribution < -0.4 is 20.1 Å². The molecular weight excluding hydrogens is 492 g/mol. The lowest BCUT2D eigenvalue weighted by Crippen LogP contribution is -2.33. The van der Waals surface area contributed by atoms with Crippen LogP contribution in [-0.4, -0.2) is 28.8 Å². The molecule has 0 aliphatic carbocycles. The molecule has 8 nitrogen and oxygen atoms in total. The Morgan fingerprint density at radius 2 is 1.79 bits per heavy atom. The van der Waals surface area contributed by atoms with Gasteiger partial charge in [0, 0.05) is 35.6 Å². The summed E-state index contributed by atoms with van der Waals surface area (Å²) in [5.74, 6) is 1.39. The number of nitrogens with zero attached hydrogens (tertiary/aromatic N) is 3. The van der Waals surface area contributed by atoms with Crippen molar-refractivity contribution in [3.05, 3.63) is 94.6 Å². The van der Waals surface area contributed by atoms with Gasteiger partial charge < -0.3 is 14.4 Å². The Hall–Kier alpha value is -4.59. The molecule has 0 bridgehead atoms. The van der Waals surface area contributed by atoms with Crippen LogP contribution in [0.4, 0.5) is 5.69 Å². The summed E-state index contributed by atoms with van der Waals surface area (Å²) in [6.07, 6.45) is 6.19. The zero-order valence-electron chi connectivity index (χ0n) is 22.0. The summed E-state index contributed by atoms with van der Waals surface area (Å²) in [6.45, 7) is 4.59. The van der Waals surface area contributed by atoms with Gasteiger partial charge in [0.05, 0.1) is 0 Å². The fraction of sp³-hybridized carbons (Fsp3) is 0.258. The van der Waals surface area contributed by atoms with Gasteiger partial charge in [-0.15, -0.1) is 0 Å². The van der Waals surface area contributed by atoms with Crippen LogP contribution in [0.3, 0.4) is 0 Å².